The summed E-state index contributed by atoms with van der Waals surface area (Å²) in [6.07, 6.45) is 0. The zero-order valence-corrected chi connectivity index (χ0v) is 12.4. The van der Waals surface area contributed by atoms with Crippen LogP contribution < -0.4 is 0 Å². The highest BCUT2D eigenvalue weighted by Gasteiger charge is 2.12. The maximum absolute atomic E-state index is 2.38. The number of fused-ring (bicyclic) bond motifs is 3. The summed E-state index contributed by atoms with van der Waals surface area (Å²) in [4.78, 5) is 1.35. The predicted octanol–water partition coefficient (Wildman–Crippen LogP) is 5.46. The fraction of sp³-hybridized carbons (Fsp3) is 0.111. The molecule has 2 heterocycles. The molecule has 2 aromatic carbocycles. The van der Waals surface area contributed by atoms with Crippen molar-refractivity contribution in [3.05, 3.63) is 65.0 Å². The number of hydrogen-bond donors (Lipinski definition) is 0. The van der Waals surface area contributed by atoms with E-state index in [0.29, 0.717) is 0 Å². The fourth-order valence-electron chi connectivity index (χ4n) is 2.87. The second kappa shape index (κ2) is 4.22. The first kappa shape index (κ1) is 11.7. The minimum absolute atomic E-state index is 1.29. The first-order valence-electron chi connectivity index (χ1n) is 6.81. The molecule has 0 aliphatic rings. The second-order valence-electron chi connectivity index (χ2n) is 5.26. The average molecular weight is 277 g/mol. The molecule has 2 aromatic heterocycles. The van der Waals surface area contributed by atoms with Crippen LogP contribution in [0.3, 0.4) is 0 Å². The van der Waals surface area contributed by atoms with E-state index in [1.165, 1.54) is 37.2 Å². The van der Waals surface area contributed by atoms with E-state index in [0.717, 1.165) is 0 Å². The van der Waals surface area contributed by atoms with Crippen LogP contribution in [0, 0.1) is 13.8 Å². The van der Waals surface area contributed by atoms with E-state index in [2.05, 4.69) is 73.0 Å². The van der Waals surface area contributed by atoms with Crippen molar-refractivity contribution >= 4 is 33.1 Å². The van der Waals surface area contributed by atoms with Crippen molar-refractivity contribution in [3.8, 4) is 5.00 Å². The number of benzene rings is 2. The Morgan fingerprint density at radius 1 is 0.800 bits per heavy atom. The van der Waals surface area contributed by atoms with Crippen LogP contribution in [0.25, 0.3) is 26.8 Å². The van der Waals surface area contributed by atoms with Crippen molar-refractivity contribution in [2.45, 2.75) is 13.8 Å². The topological polar surface area (TPSA) is 4.93 Å². The minimum atomic E-state index is 1.29. The van der Waals surface area contributed by atoms with E-state index in [1.807, 2.05) is 11.3 Å². The SMILES string of the molecule is Cc1ccc2c(c1)c1ccccc1n2-c1ccc(C)s1. The zero-order chi connectivity index (χ0) is 13.7. The molecule has 0 saturated carbocycles. The molecule has 0 saturated heterocycles. The molecule has 2 heteroatoms. The lowest BCUT2D eigenvalue weighted by molar-refractivity contribution is 1.22. The fourth-order valence-corrected chi connectivity index (χ4v) is 3.76. The van der Waals surface area contributed by atoms with Gasteiger partial charge in [0.05, 0.1) is 11.0 Å². The lowest BCUT2D eigenvalue weighted by Gasteiger charge is -2.04. The maximum atomic E-state index is 2.38. The lowest BCUT2D eigenvalue weighted by Crippen LogP contribution is -1.89. The summed E-state index contributed by atoms with van der Waals surface area (Å²) in [6, 6.07) is 19.8. The monoisotopic (exact) mass is 277 g/mol. The van der Waals surface area contributed by atoms with E-state index in [9.17, 15) is 0 Å². The molecule has 0 amide bonds. The third kappa shape index (κ3) is 1.61. The Bertz CT molecular complexity index is 927. The molecule has 0 N–H and O–H groups in total. The third-order valence-electron chi connectivity index (χ3n) is 3.77. The molecule has 0 radical (unpaired) electrons. The Morgan fingerprint density at radius 3 is 2.40 bits per heavy atom. The number of aryl methyl sites for hydroxylation is 2. The molecule has 4 aromatic rings. The van der Waals surface area contributed by atoms with E-state index in [1.54, 1.807) is 0 Å². The van der Waals surface area contributed by atoms with Crippen LogP contribution in [0.2, 0.25) is 0 Å². The first-order chi connectivity index (χ1) is 9.74. The van der Waals surface area contributed by atoms with Crippen molar-refractivity contribution < 1.29 is 0 Å². The quantitative estimate of drug-likeness (QED) is 0.435. The van der Waals surface area contributed by atoms with Crippen LogP contribution in [-0.4, -0.2) is 4.57 Å². The molecule has 98 valence electrons. The minimum Gasteiger partial charge on any atom is -0.301 e. The average Bonchev–Trinajstić information content (AvgIpc) is 3.00. The Balaban J connectivity index is 2.21. The summed E-state index contributed by atoms with van der Waals surface area (Å²) < 4.78 is 2.38. The van der Waals surface area contributed by atoms with Crippen LogP contribution in [0.4, 0.5) is 0 Å². The summed E-state index contributed by atoms with van der Waals surface area (Å²) in [7, 11) is 0. The maximum Gasteiger partial charge on any atom is 0.100 e. The van der Waals surface area contributed by atoms with Crippen LogP contribution in [0.5, 0.6) is 0 Å². The van der Waals surface area contributed by atoms with E-state index in [4.69, 9.17) is 0 Å². The van der Waals surface area contributed by atoms with Crippen molar-refractivity contribution in [2.75, 3.05) is 0 Å². The molecule has 0 aliphatic heterocycles. The number of aromatic nitrogens is 1. The van der Waals surface area contributed by atoms with Crippen molar-refractivity contribution in [1.29, 1.82) is 0 Å². The van der Waals surface area contributed by atoms with Gasteiger partial charge in [0.25, 0.3) is 0 Å². The van der Waals surface area contributed by atoms with Gasteiger partial charge in [-0.05, 0) is 44.2 Å². The molecule has 0 atom stereocenters. The highest BCUT2D eigenvalue weighted by atomic mass is 32.1. The predicted molar refractivity (Wildman–Crippen MR) is 88.1 cm³/mol. The number of hydrogen-bond acceptors (Lipinski definition) is 1. The van der Waals surface area contributed by atoms with E-state index in [-0.39, 0.29) is 0 Å². The van der Waals surface area contributed by atoms with Gasteiger partial charge in [-0.2, -0.15) is 0 Å². The zero-order valence-electron chi connectivity index (χ0n) is 11.6. The molecular formula is C18H15NS. The third-order valence-corrected chi connectivity index (χ3v) is 4.76. The van der Waals surface area contributed by atoms with Gasteiger partial charge >= 0.3 is 0 Å². The van der Waals surface area contributed by atoms with Crippen LogP contribution in [0.1, 0.15) is 10.4 Å². The largest absolute Gasteiger partial charge is 0.301 e. The van der Waals surface area contributed by atoms with Gasteiger partial charge in [-0.3, -0.25) is 0 Å². The molecule has 20 heavy (non-hydrogen) atoms. The van der Waals surface area contributed by atoms with Crippen molar-refractivity contribution in [1.82, 2.24) is 4.57 Å². The molecule has 0 fully saturated rings. The lowest BCUT2D eigenvalue weighted by atomic mass is 10.1. The molecule has 0 spiro atoms. The summed E-state index contributed by atoms with van der Waals surface area (Å²) in [5.74, 6) is 0. The van der Waals surface area contributed by atoms with Crippen LogP contribution in [-0.2, 0) is 0 Å². The van der Waals surface area contributed by atoms with Gasteiger partial charge in [0.1, 0.15) is 5.00 Å². The molecule has 0 bridgehead atoms. The Labute approximate surface area is 122 Å². The van der Waals surface area contributed by atoms with Gasteiger partial charge in [0, 0.05) is 15.6 Å². The molecule has 0 unspecified atom stereocenters. The van der Waals surface area contributed by atoms with E-state index >= 15 is 0 Å². The van der Waals surface area contributed by atoms with Gasteiger partial charge < -0.3 is 4.57 Å². The van der Waals surface area contributed by atoms with Gasteiger partial charge in [-0.25, -0.2) is 0 Å². The normalized spacial score (nSPS) is 11.5. The molecule has 4 rings (SSSR count). The van der Waals surface area contributed by atoms with Crippen LogP contribution >= 0.6 is 11.3 Å². The van der Waals surface area contributed by atoms with Gasteiger partial charge in [-0.15, -0.1) is 11.3 Å². The Kier molecular flexibility index (Phi) is 2.48. The first-order valence-corrected chi connectivity index (χ1v) is 7.62. The van der Waals surface area contributed by atoms with Crippen molar-refractivity contribution in [2.24, 2.45) is 0 Å². The number of para-hydroxylation sites is 1. The van der Waals surface area contributed by atoms with Crippen LogP contribution in [0.15, 0.2) is 54.6 Å². The summed E-state index contributed by atoms with van der Waals surface area (Å²) in [5.41, 5.74) is 3.89. The summed E-state index contributed by atoms with van der Waals surface area (Å²) in [5, 5.41) is 3.96. The highest BCUT2D eigenvalue weighted by Crippen LogP contribution is 2.34. The molecule has 0 aliphatic carbocycles. The Morgan fingerprint density at radius 2 is 1.60 bits per heavy atom. The Hall–Kier alpha value is -2.06. The second-order valence-corrected chi connectivity index (χ2v) is 6.52. The van der Waals surface area contributed by atoms with Gasteiger partial charge in [-0.1, -0.05) is 29.8 Å². The van der Waals surface area contributed by atoms with E-state index < -0.39 is 0 Å². The summed E-state index contributed by atoms with van der Waals surface area (Å²) >= 11 is 1.84. The molecule has 1 nitrogen and oxygen atoms in total. The van der Waals surface area contributed by atoms with Crippen molar-refractivity contribution in [3.63, 3.8) is 0 Å². The number of nitrogens with zero attached hydrogens (tertiary/aromatic N) is 1. The number of thiophene rings is 1. The standard InChI is InChI=1S/C18H15NS/c1-12-7-9-17-15(11-12)14-5-3-4-6-16(14)19(17)18-10-8-13(2)20-18/h3-11H,1-2H3. The van der Waals surface area contributed by atoms with Gasteiger partial charge in [0.2, 0.25) is 0 Å². The highest BCUT2D eigenvalue weighted by molar-refractivity contribution is 7.14. The number of rotatable bonds is 1. The summed E-state index contributed by atoms with van der Waals surface area (Å²) in [6.45, 7) is 4.31. The molecular weight excluding hydrogens is 262 g/mol. The van der Waals surface area contributed by atoms with Gasteiger partial charge in [0.15, 0.2) is 0 Å². The smallest absolute Gasteiger partial charge is 0.100 e.